The number of hydrogen-bond acceptors (Lipinski definition) is 5. The zero-order valence-electron chi connectivity index (χ0n) is 5.66. The Bertz CT molecular complexity index is 134. The largest absolute Gasteiger partial charge is 0.493 e. The minimum atomic E-state index is -3.32. The third-order valence-corrected chi connectivity index (χ3v) is 4.44. The van der Waals surface area contributed by atoms with Gasteiger partial charge in [-0.3, -0.25) is 4.52 Å². The highest BCUT2D eigenvalue weighted by Crippen LogP contribution is 2.53. The van der Waals surface area contributed by atoms with Crippen LogP contribution in [0.3, 0.4) is 0 Å². The SMILES string of the molecule is COCCOP(=O)(OI)OI. The Morgan fingerprint density at radius 3 is 2.18 bits per heavy atom. The normalized spacial score (nSPS) is 11.9. The van der Waals surface area contributed by atoms with Crippen LogP contribution in [0.1, 0.15) is 0 Å². The lowest BCUT2D eigenvalue weighted by Crippen LogP contribution is -2.00. The van der Waals surface area contributed by atoms with E-state index in [1.165, 1.54) is 53.1 Å². The Hall–Kier alpha value is 1.53. The van der Waals surface area contributed by atoms with Gasteiger partial charge in [0, 0.05) is 7.11 Å². The van der Waals surface area contributed by atoms with Crippen LogP contribution in [-0.2, 0) is 19.5 Å². The number of methoxy groups -OCH3 is 1. The van der Waals surface area contributed by atoms with Crippen molar-refractivity contribution in [2.45, 2.75) is 0 Å². The van der Waals surface area contributed by atoms with E-state index in [4.69, 9.17) is 4.52 Å². The quantitative estimate of drug-likeness (QED) is 0.384. The van der Waals surface area contributed by atoms with E-state index in [1.54, 1.807) is 0 Å². The topological polar surface area (TPSA) is 54.0 Å². The van der Waals surface area contributed by atoms with Crippen LogP contribution in [0.25, 0.3) is 0 Å². The lowest BCUT2D eigenvalue weighted by atomic mass is 10.8. The van der Waals surface area contributed by atoms with Crippen molar-refractivity contribution >= 4 is 53.8 Å². The number of phosphoric acid groups is 1. The Labute approximate surface area is 93.1 Å². The number of rotatable bonds is 6. The lowest BCUT2D eigenvalue weighted by molar-refractivity contribution is 0.132. The van der Waals surface area contributed by atoms with Gasteiger partial charge in [0.2, 0.25) is 0 Å². The molecular weight excluding hydrogens is 401 g/mol. The van der Waals surface area contributed by atoms with E-state index < -0.39 is 7.82 Å². The van der Waals surface area contributed by atoms with Crippen molar-refractivity contribution < 1.29 is 19.5 Å². The molecule has 0 saturated carbocycles. The third kappa shape index (κ3) is 5.72. The Morgan fingerprint density at radius 1 is 1.27 bits per heavy atom. The summed E-state index contributed by atoms with van der Waals surface area (Å²) >= 11 is 2.92. The molecular formula is C3H7I2O5P. The molecule has 0 aromatic rings. The molecule has 0 rings (SSSR count). The minimum Gasteiger partial charge on any atom is -0.382 e. The summed E-state index contributed by atoms with van der Waals surface area (Å²) in [6, 6.07) is 0. The van der Waals surface area contributed by atoms with E-state index in [9.17, 15) is 4.57 Å². The lowest BCUT2D eigenvalue weighted by Gasteiger charge is -2.09. The molecule has 0 heterocycles. The fourth-order valence-corrected chi connectivity index (χ4v) is 2.77. The molecule has 0 aromatic carbocycles. The molecule has 0 N–H and O–H groups in total. The fourth-order valence-electron chi connectivity index (χ4n) is 0.283. The molecule has 0 radical (unpaired) electrons. The van der Waals surface area contributed by atoms with Crippen molar-refractivity contribution in [2.75, 3.05) is 20.3 Å². The standard InChI is InChI=1S/C3H7I2O5P/c1-7-2-3-8-11(6,9-4)10-5/h2-3H2,1H3. The molecule has 0 atom stereocenters. The van der Waals surface area contributed by atoms with E-state index in [1.807, 2.05) is 0 Å². The second kappa shape index (κ2) is 6.98. The first kappa shape index (κ1) is 12.5. The van der Waals surface area contributed by atoms with E-state index in [0.29, 0.717) is 6.61 Å². The molecule has 5 nitrogen and oxygen atoms in total. The van der Waals surface area contributed by atoms with Crippen molar-refractivity contribution in [1.82, 2.24) is 0 Å². The second-order valence-electron chi connectivity index (χ2n) is 1.41. The third-order valence-electron chi connectivity index (χ3n) is 0.706. The van der Waals surface area contributed by atoms with E-state index >= 15 is 0 Å². The highest BCUT2D eigenvalue weighted by molar-refractivity contribution is 14.1. The van der Waals surface area contributed by atoms with Gasteiger partial charge in [0.1, 0.15) is 46.0 Å². The monoisotopic (exact) mass is 408 g/mol. The second-order valence-corrected chi connectivity index (χ2v) is 5.20. The van der Waals surface area contributed by atoms with Gasteiger partial charge in [-0.2, -0.15) is 0 Å². The van der Waals surface area contributed by atoms with Gasteiger partial charge in [0.25, 0.3) is 0 Å². The van der Waals surface area contributed by atoms with Crippen LogP contribution in [-0.4, -0.2) is 20.3 Å². The maximum absolute atomic E-state index is 11.1. The number of hydrogen-bond donors (Lipinski definition) is 0. The summed E-state index contributed by atoms with van der Waals surface area (Å²) in [5.74, 6) is 0. The molecule has 0 aromatic heterocycles. The first-order chi connectivity index (χ1) is 5.18. The van der Waals surface area contributed by atoms with Crippen LogP contribution < -0.4 is 0 Å². The molecule has 0 amide bonds. The summed E-state index contributed by atoms with van der Waals surface area (Å²) < 4.78 is 29.4. The first-order valence-electron chi connectivity index (χ1n) is 2.52. The van der Waals surface area contributed by atoms with Gasteiger partial charge in [0.05, 0.1) is 13.2 Å². The molecule has 68 valence electrons. The molecule has 8 heteroatoms. The molecule has 11 heavy (non-hydrogen) atoms. The maximum Gasteiger partial charge on any atom is 0.493 e. The summed E-state index contributed by atoms with van der Waals surface area (Å²) in [7, 11) is -1.80. The first-order valence-corrected chi connectivity index (χ1v) is 5.75. The highest BCUT2D eigenvalue weighted by atomic mass is 127. The zero-order valence-corrected chi connectivity index (χ0v) is 10.9. The summed E-state index contributed by atoms with van der Waals surface area (Å²) in [5.41, 5.74) is 0. The Kier molecular flexibility index (Phi) is 7.96. The van der Waals surface area contributed by atoms with Crippen molar-refractivity contribution in [3.63, 3.8) is 0 Å². The molecule has 0 unspecified atom stereocenters. The van der Waals surface area contributed by atoms with Gasteiger partial charge < -0.3 is 4.74 Å². The average molecular weight is 408 g/mol. The highest BCUT2D eigenvalue weighted by Gasteiger charge is 2.24. The number of halogens is 2. The van der Waals surface area contributed by atoms with Gasteiger partial charge in [-0.25, -0.2) is 10.3 Å². The van der Waals surface area contributed by atoms with Crippen molar-refractivity contribution in [3.05, 3.63) is 0 Å². The van der Waals surface area contributed by atoms with Crippen LogP contribution in [0.5, 0.6) is 0 Å². The predicted octanol–water partition coefficient (Wildman–Crippen LogP) is 2.49. The van der Waals surface area contributed by atoms with Gasteiger partial charge in [-0.05, 0) is 0 Å². The molecule has 0 aliphatic rings. The molecule has 0 fully saturated rings. The van der Waals surface area contributed by atoms with Gasteiger partial charge in [-0.15, -0.1) is 0 Å². The summed E-state index contributed by atoms with van der Waals surface area (Å²) in [6.45, 7) is 0.532. The van der Waals surface area contributed by atoms with E-state index in [-0.39, 0.29) is 6.61 Å². The molecule has 0 saturated heterocycles. The maximum atomic E-state index is 11.1. The van der Waals surface area contributed by atoms with Crippen LogP contribution in [0, 0.1) is 0 Å². The van der Waals surface area contributed by atoms with Crippen LogP contribution in [0.15, 0.2) is 0 Å². The van der Waals surface area contributed by atoms with E-state index in [0.717, 1.165) is 0 Å². The van der Waals surface area contributed by atoms with Crippen molar-refractivity contribution in [3.8, 4) is 0 Å². The van der Waals surface area contributed by atoms with Gasteiger partial charge in [-0.1, -0.05) is 0 Å². The summed E-state index contributed by atoms with van der Waals surface area (Å²) in [5, 5.41) is 0. The molecule has 0 aliphatic heterocycles. The predicted molar refractivity (Wildman–Crippen MR) is 55.6 cm³/mol. The fraction of sp³-hybridized carbons (Fsp3) is 1.00. The minimum absolute atomic E-state index is 0.180. The van der Waals surface area contributed by atoms with Gasteiger partial charge in [0.15, 0.2) is 0 Å². The molecule has 0 bridgehead atoms. The zero-order chi connectivity index (χ0) is 8.74. The van der Waals surface area contributed by atoms with Crippen LogP contribution in [0.4, 0.5) is 0 Å². The molecule has 0 aliphatic carbocycles. The average Bonchev–Trinajstić information content (AvgIpc) is 2.05. The van der Waals surface area contributed by atoms with Crippen molar-refractivity contribution in [2.24, 2.45) is 0 Å². The number of ether oxygens (including phenoxy) is 1. The van der Waals surface area contributed by atoms with Gasteiger partial charge >= 0.3 is 7.82 Å². The van der Waals surface area contributed by atoms with E-state index in [2.05, 4.69) is 10.4 Å². The summed E-state index contributed by atoms with van der Waals surface area (Å²) in [6.07, 6.45) is 0. The Morgan fingerprint density at radius 2 is 1.82 bits per heavy atom. The molecule has 0 spiro atoms. The summed E-state index contributed by atoms with van der Waals surface area (Å²) in [4.78, 5) is 0. The van der Waals surface area contributed by atoms with Crippen molar-refractivity contribution in [1.29, 1.82) is 0 Å². The smallest absolute Gasteiger partial charge is 0.382 e. The Balaban J connectivity index is 3.61. The van der Waals surface area contributed by atoms with Crippen LogP contribution in [0.2, 0.25) is 0 Å². The van der Waals surface area contributed by atoms with Crippen LogP contribution >= 0.6 is 53.8 Å².